The molecule has 0 fully saturated rings. The van der Waals surface area contributed by atoms with Crippen molar-refractivity contribution in [2.24, 2.45) is 0 Å². The van der Waals surface area contributed by atoms with Gasteiger partial charge in [0.2, 0.25) is 0 Å². The summed E-state index contributed by atoms with van der Waals surface area (Å²) in [4.78, 5) is 10.6. The van der Waals surface area contributed by atoms with Crippen LogP contribution in [-0.2, 0) is 6.42 Å². The zero-order valence-corrected chi connectivity index (χ0v) is 7.88. The van der Waals surface area contributed by atoms with E-state index in [4.69, 9.17) is 13.0 Å². The van der Waals surface area contributed by atoms with Gasteiger partial charge in [0.15, 0.2) is 0 Å². The number of halogens is 1. The molecule has 0 aliphatic rings. The Bertz CT molecular complexity index is 363. The summed E-state index contributed by atoms with van der Waals surface area (Å²) in [6, 6.07) is 2.81. The number of aryl methyl sites for hydroxylation is 1. The van der Waals surface area contributed by atoms with Gasteiger partial charge in [-0.1, -0.05) is 24.9 Å². The smallest absolute Gasteiger partial charge is 0.338 e. The van der Waals surface area contributed by atoms with E-state index in [9.17, 15) is 9.18 Å². The Morgan fingerprint density at radius 2 is 2.21 bits per heavy atom. The molecule has 0 atom stereocenters. The monoisotopic (exact) mass is 192 g/mol. The fourth-order valence-corrected chi connectivity index (χ4v) is 1.30. The number of hydrogen-bond donors (Lipinski definition) is 1. The molecule has 0 aliphatic carbocycles. The lowest BCUT2D eigenvalue weighted by atomic mass is 9.90. The second-order valence-electron chi connectivity index (χ2n) is 3.10. The summed E-state index contributed by atoms with van der Waals surface area (Å²) in [5, 5.41) is 8.69. The minimum atomic E-state index is -1.29. The average molecular weight is 192 g/mol. The van der Waals surface area contributed by atoms with Gasteiger partial charge in [-0.15, -0.1) is 0 Å². The van der Waals surface area contributed by atoms with Crippen LogP contribution in [0.15, 0.2) is 12.1 Å². The van der Waals surface area contributed by atoms with Crippen molar-refractivity contribution >= 4 is 19.3 Å². The van der Waals surface area contributed by atoms with Crippen LogP contribution in [0.5, 0.6) is 0 Å². The van der Waals surface area contributed by atoms with E-state index in [0.29, 0.717) is 6.42 Å². The largest absolute Gasteiger partial charge is 0.478 e. The summed E-state index contributed by atoms with van der Waals surface area (Å²) in [5.74, 6) is -2.13. The number of benzene rings is 1. The summed E-state index contributed by atoms with van der Waals surface area (Å²) in [6.07, 6.45) is 1.56. The van der Waals surface area contributed by atoms with Crippen molar-refractivity contribution in [3.05, 3.63) is 29.1 Å². The molecule has 2 radical (unpaired) electrons. The lowest BCUT2D eigenvalue weighted by molar-refractivity contribution is 0.0692. The molecular formula is C10H10BFO2. The van der Waals surface area contributed by atoms with Crippen LogP contribution >= 0.6 is 0 Å². The van der Waals surface area contributed by atoms with Gasteiger partial charge in [0.05, 0.1) is 5.56 Å². The molecule has 0 aliphatic heterocycles. The summed E-state index contributed by atoms with van der Waals surface area (Å²) >= 11 is 0. The predicted molar refractivity (Wildman–Crippen MR) is 52.7 cm³/mol. The van der Waals surface area contributed by atoms with Crippen molar-refractivity contribution in [2.45, 2.75) is 19.8 Å². The van der Waals surface area contributed by atoms with Crippen LogP contribution in [0.1, 0.15) is 29.3 Å². The second kappa shape index (κ2) is 4.27. The molecule has 0 bridgehead atoms. The first-order valence-electron chi connectivity index (χ1n) is 4.37. The molecule has 0 unspecified atom stereocenters. The minimum absolute atomic E-state index is 0.103. The fourth-order valence-electron chi connectivity index (χ4n) is 1.30. The van der Waals surface area contributed by atoms with Gasteiger partial charge in [-0.05, 0) is 18.1 Å². The Labute approximate surface area is 83.2 Å². The zero-order chi connectivity index (χ0) is 10.7. The molecule has 0 heterocycles. The van der Waals surface area contributed by atoms with Gasteiger partial charge in [-0.25, -0.2) is 9.18 Å². The Hall–Kier alpha value is -1.32. The first-order chi connectivity index (χ1) is 6.56. The molecular weight excluding hydrogens is 182 g/mol. The van der Waals surface area contributed by atoms with Gasteiger partial charge in [0.25, 0.3) is 0 Å². The molecule has 1 rings (SSSR count). The van der Waals surface area contributed by atoms with Crippen LogP contribution in [0.3, 0.4) is 0 Å². The van der Waals surface area contributed by atoms with Crippen LogP contribution in [0.2, 0.25) is 0 Å². The van der Waals surface area contributed by atoms with E-state index >= 15 is 0 Å². The fraction of sp³-hybridized carbons (Fsp3) is 0.300. The standard InChI is InChI=1S/C10H10BFO2/c1-2-3-6-4-7(10(13)14)9(12)8(11)5-6/h4-5H,2-3H2,1H3,(H,13,14). The van der Waals surface area contributed by atoms with E-state index < -0.39 is 11.8 Å². The van der Waals surface area contributed by atoms with Crippen molar-refractivity contribution in [1.29, 1.82) is 0 Å². The highest BCUT2D eigenvalue weighted by Crippen LogP contribution is 2.10. The predicted octanol–water partition coefficient (Wildman–Crippen LogP) is 1.27. The quantitative estimate of drug-likeness (QED) is 0.732. The number of aromatic carboxylic acids is 1. The summed E-state index contributed by atoms with van der Waals surface area (Å²) in [6.45, 7) is 1.96. The highest BCUT2D eigenvalue weighted by atomic mass is 19.1. The van der Waals surface area contributed by atoms with E-state index in [1.165, 1.54) is 12.1 Å². The molecule has 0 aromatic heterocycles. The molecule has 0 amide bonds. The van der Waals surface area contributed by atoms with Gasteiger partial charge >= 0.3 is 5.97 Å². The summed E-state index contributed by atoms with van der Waals surface area (Å²) in [7, 11) is 5.35. The number of carbonyl (C=O) groups is 1. The molecule has 2 nitrogen and oxygen atoms in total. The van der Waals surface area contributed by atoms with E-state index in [2.05, 4.69) is 0 Å². The lowest BCUT2D eigenvalue weighted by Gasteiger charge is -2.05. The van der Waals surface area contributed by atoms with E-state index in [-0.39, 0.29) is 11.0 Å². The SMILES string of the molecule is [B]c1cc(CCC)cc(C(=O)O)c1F. The molecule has 0 spiro atoms. The van der Waals surface area contributed by atoms with Gasteiger partial charge in [0, 0.05) is 0 Å². The number of carboxylic acids is 1. The van der Waals surface area contributed by atoms with Crippen LogP contribution in [0.25, 0.3) is 0 Å². The molecule has 14 heavy (non-hydrogen) atoms. The zero-order valence-electron chi connectivity index (χ0n) is 7.88. The van der Waals surface area contributed by atoms with Gasteiger partial charge in [-0.2, -0.15) is 0 Å². The maximum Gasteiger partial charge on any atom is 0.338 e. The summed E-state index contributed by atoms with van der Waals surface area (Å²) in [5.41, 5.74) is 0.297. The van der Waals surface area contributed by atoms with Gasteiger partial charge in [-0.3, -0.25) is 0 Å². The number of rotatable bonds is 3. The summed E-state index contributed by atoms with van der Waals surface area (Å²) < 4.78 is 13.2. The third-order valence-corrected chi connectivity index (χ3v) is 1.93. The van der Waals surface area contributed by atoms with Crippen LogP contribution in [0.4, 0.5) is 4.39 Å². The molecule has 0 saturated carbocycles. The highest BCUT2D eigenvalue weighted by molar-refractivity contribution is 6.33. The van der Waals surface area contributed by atoms with Crippen molar-refractivity contribution in [2.75, 3.05) is 0 Å². The van der Waals surface area contributed by atoms with E-state index in [0.717, 1.165) is 12.0 Å². The first kappa shape index (κ1) is 10.8. The van der Waals surface area contributed by atoms with Crippen molar-refractivity contribution in [3.8, 4) is 0 Å². The average Bonchev–Trinajstić information content (AvgIpc) is 2.11. The van der Waals surface area contributed by atoms with E-state index in [1.807, 2.05) is 6.92 Å². The van der Waals surface area contributed by atoms with Gasteiger partial charge in [0.1, 0.15) is 13.7 Å². The molecule has 1 aromatic carbocycles. The molecule has 0 saturated heterocycles. The molecule has 72 valence electrons. The maximum atomic E-state index is 13.2. The van der Waals surface area contributed by atoms with Crippen molar-refractivity contribution < 1.29 is 14.3 Å². The third-order valence-electron chi connectivity index (χ3n) is 1.93. The first-order valence-corrected chi connectivity index (χ1v) is 4.37. The molecule has 1 aromatic rings. The van der Waals surface area contributed by atoms with Crippen molar-refractivity contribution in [3.63, 3.8) is 0 Å². The Balaban J connectivity index is 3.21. The topological polar surface area (TPSA) is 37.3 Å². The van der Waals surface area contributed by atoms with Crippen LogP contribution in [0, 0.1) is 5.82 Å². The Morgan fingerprint density at radius 1 is 1.57 bits per heavy atom. The second-order valence-corrected chi connectivity index (χ2v) is 3.10. The van der Waals surface area contributed by atoms with Crippen molar-refractivity contribution in [1.82, 2.24) is 0 Å². The Kier molecular flexibility index (Phi) is 3.28. The molecule has 1 N–H and O–H groups in total. The maximum absolute atomic E-state index is 13.2. The van der Waals surface area contributed by atoms with E-state index in [1.54, 1.807) is 0 Å². The Morgan fingerprint density at radius 3 is 2.71 bits per heavy atom. The molecule has 4 heteroatoms. The normalized spacial score (nSPS) is 10.1. The minimum Gasteiger partial charge on any atom is -0.478 e. The van der Waals surface area contributed by atoms with Crippen LogP contribution in [-0.4, -0.2) is 18.9 Å². The highest BCUT2D eigenvalue weighted by Gasteiger charge is 2.13. The third kappa shape index (κ3) is 2.13. The number of carboxylic acid groups (broad SMARTS) is 1. The number of hydrogen-bond acceptors (Lipinski definition) is 1. The van der Waals surface area contributed by atoms with Gasteiger partial charge < -0.3 is 5.11 Å². The lowest BCUT2D eigenvalue weighted by Crippen LogP contribution is -2.16. The van der Waals surface area contributed by atoms with Crippen LogP contribution < -0.4 is 5.46 Å².